The standard InChI is InChI=1S/C14H17ClFN5O/c1-8(17-3)7-18-14(22)13-9(2)21(20-19-13)10-4-5-12(16)11(15)6-10/h4-6,8,17H,7H2,1-3H3,(H,18,22). The molecule has 0 saturated carbocycles. The predicted octanol–water partition coefficient (Wildman–Crippen LogP) is 1.71. The quantitative estimate of drug-likeness (QED) is 0.878. The van der Waals surface area contributed by atoms with E-state index in [9.17, 15) is 9.18 Å². The van der Waals surface area contributed by atoms with Crippen molar-refractivity contribution < 1.29 is 9.18 Å². The number of nitrogens with zero attached hydrogens (tertiary/aromatic N) is 3. The molecule has 0 bridgehead atoms. The number of carbonyl (C=O) groups excluding carboxylic acids is 1. The Morgan fingerprint density at radius 3 is 2.86 bits per heavy atom. The summed E-state index contributed by atoms with van der Waals surface area (Å²) < 4.78 is 14.7. The van der Waals surface area contributed by atoms with E-state index in [0.29, 0.717) is 17.9 Å². The molecular weight excluding hydrogens is 309 g/mol. The van der Waals surface area contributed by atoms with Gasteiger partial charge < -0.3 is 10.6 Å². The highest BCUT2D eigenvalue weighted by Gasteiger charge is 2.18. The highest BCUT2D eigenvalue weighted by Crippen LogP contribution is 2.20. The molecule has 0 fully saturated rings. The number of carbonyl (C=O) groups is 1. The minimum atomic E-state index is -0.512. The van der Waals surface area contributed by atoms with Crippen LogP contribution in [0.25, 0.3) is 5.69 Å². The van der Waals surface area contributed by atoms with Gasteiger partial charge in [-0.3, -0.25) is 4.79 Å². The Labute approximate surface area is 132 Å². The summed E-state index contributed by atoms with van der Waals surface area (Å²) in [5, 5.41) is 13.6. The monoisotopic (exact) mass is 325 g/mol. The molecular formula is C14H17ClFN5O. The Balaban J connectivity index is 2.21. The van der Waals surface area contributed by atoms with E-state index in [1.807, 2.05) is 14.0 Å². The zero-order chi connectivity index (χ0) is 16.3. The average Bonchev–Trinajstić information content (AvgIpc) is 2.89. The molecule has 118 valence electrons. The van der Waals surface area contributed by atoms with Crippen LogP contribution in [0.2, 0.25) is 5.02 Å². The van der Waals surface area contributed by atoms with Crippen molar-refractivity contribution in [2.24, 2.45) is 0 Å². The number of amides is 1. The first-order valence-corrected chi connectivity index (χ1v) is 7.15. The molecule has 0 aliphatic rings. The Morgan fingerprint density at radius 2 is 2.23 bits per heavy atom. The SMILES string of the molecule is CNC(C)CNC(=O)c1nnn(-c2ccc(F)c(Cl)c2)c1C. The fraction of sp³-hybridized carbons (Fsp3) is 0.357. The maximum absolute atomic E-state index is 13.2. The van der Waals surface area contributed by atoms with E-state index in [1.165, 1.54) is 22.9 Å². The maximum atomic E-state index is 13.2. The van der Waals surface area contributed by atoms with Gasteiger partial charge in [-0.25, -0.2) is 9.07 Å². The van der Waals surface area contributed by atoms with Crippen LogP contribution in [0.5, 0.6) is 0 Å². The van der Waals surface area contributed by atoms with Gasteiger partial charge in [-0.1, -0.05) is 16.8 Å². The molecule has 1 heterocycles. The normalized spacial score (nSPS) is 12.2. The van der Waals surface area contributed by atoms with Crippen molar-refractivity contribution in [1.29, 1.82) is 0 Å². The molecule has 2 rings (SSSR count). The van der Waals surface area contributed by atoms with Gasteiger partial charge in [-0.2, -0.15) is 0 Å². The summed E-state index contributed by atoms with van der Waals surface area (Å²) in [7, 11) is 1.82. The molecule has 0 aliphatic carbocycles. The van der Waals surface area contributed by atoms with E-state index in [0.717, 1.165) is 0 Å². The highest BCUT2D eigenvalue weighted by atomic mass is 35.5. The van der Waals surface area contributed by atoms with Crippen LogP contribution in [-0.2, 0) is 0 Å². The van der Waals surface area contributed by atoms with Gasteiger partial charge >= 0.3 is 0 Å². The lowest BCUT2D eigenvalue weighted by Gasteiger charge is -2.10. The summed E-state index contributed by atoms with van der Waals surface area (Å²) in [5.41, 5.74) is 1.32. The molecule has 1 aromatic carbocycles. The van der Waals surface area contributed by atoms with E-state index >= 15 is 0 Å². The fourth-order valence-corrected chi connectivity index (χ4v) is 2.01. The van der Waals surface area contributed by atoms with Crippen LogP contribution in [0.3, 0.4) is 0 Å². The van der Waals surface area contributed by atoms with Gasteiger partial charge in [-0.05, 0) is 39.1 Å². The van der Waals surface area contributed by atoms with Gasteiger partial charge in [0.15, 0.2) is 5.69 Å². The number of rotatable bonds is 5. The third-order valence-electron chi connectivity index (χ3n) is 3.32. The molecule has 8 heteroatoms. The second-order valence-electron chi connectivity index (χ2n) is 4.93. The summed E-state index contributed by atoms with van der Waals surface area (Å²) in [5.74, 6) is -0.818. The van der Waals surface area contributed by atoms with Crippen LogP contribution in [0.15, 0.2) is 18.2 Å². The van der Waals surface area contributed by atoms with Gasteiger partial charge in [0.05, 0.1) is 16.4 Å². The highest BCUT2D eigenvalue weighted by molar-refractivity contribution is 6.30. The number of hydrogen-bond acceptors (Lipinski definition) is 4. The minimum absolute atomic E-state index is 0.0127. The number of aromatic nitrogens is 3. The van der Waals surface area contributed by atoms with Gasteiger partial charge in [0.1, 0.15) is 5.82 Å². The van der Waals surface area contributed by atoms with Crippen molar-refractivity contribution in [3.05, 3.63) is 40.4 Å². The molecule has 2 aromatic rings. The van der Waals surface area contributed by atoms with Crippen molar-refractivity contribution in [1.82, 2.24) is 25.6 Å². The average molecular weight is 326 g/mol. The first kappa shape index (κ1) is 16.4. The van der Waals surface area contributed by atoms with Gasteiger partial charge in [0.2, 0.25) is 0 Å². The largest absolute Gasteiger partial charge is 0.349 e. The fourth-order valence-electron chi connectivity index (χ4n) is 1.83. The van der Waals surface area contributed by atoms with Crippen LogP contribution in [-0.4, -0.2) is 40.5 Å². The van der Waals surface area contributed by atoms with Crippen LogP contribution >= 0.6 is 11.6 Å². The van der Waals surface area contributed by atoms with Crippen molar-refractivity contribution >= 4 is 17.5 Å². The summed E-state index contributed by atoms with van der Waals surface area (Å²) in [4.78, 5) is 12.1. The second-order valence-corrected chi connectivity index (χ2v) is 5.34. The molecule has 6 nitrogen and oxygen atoms in total. The molecule has 1 unspecified atom stereocenters. The van der Waals surface area contributed by atoms with Crippen molar-refractivity contribution in [2.75, 3.05) is 13.6 Å². The Bertz CT molecular complexity index is 688. The summed E-state index contributed by atoms with van der Waals surface area (Å²) in [6, 6.07) is 4.35. The number of likely N-dealkylation sites (N-methyl/N-ethyl adjacent to an activating group) is 1. The molecule has 0 spiro atoms. The van der Waals surface area contributed by atoms with E-state index < -0.39 is 5.82 Å². The third kappa shape index (κ3) is 3.42. The smallest absolute Gasteiger partial charge is 0.273 e. The van der Waals surface area contributed by atoms with Gasteiger partial charge in [0.25, 0.3) is 5.91 Å². The third-order valence-corrected chi connectivity index (χ3v) is 3.61. The summed E-state index contributed by atoms with van der Waals surface area (Å²) in [6.45, 7) is 4.14. The van der Waals surface area contributed by atoms with Crippen LogP contribution in [0.4, 0.5) is 4.39 Å². The number of nitrogens with one attached hydrogen (secondary N) is 2. The molecule has 0 saturated heterocycles. The van der Waals surface area contributed by atoms with E-state index in [4.69, 9.17) is 11.6 Å². The second kappa shape index (κ2) is 6.85. The van der Waals surface area contributed by atoms with Gasteiger partial charge in [0, 0.05) is 12.6 Å². The molecule has 0 radical (unpaired) electrons. The molecule has 1 amide bonds. The number of halogens is 2. The van der Waals surface area contributed by atoms with Crippen molar-refractivity contribution in [2.45, 2.75) is 19.9 Å². The van der Waals surface area contributed by atoms with Crippen LogP contribution in [0, 0.1) is 12.7 Å². The number of benzene rings is 1. The zero-order valence-corrected chi connectivity index (χ0v) is 13.3. The molecule has 22 heavy (non-hydrogen) atoms. The maximum Gasteiger partial charge on any atom is 0.273 e. The van der Waals surface area contributed by atoms with Crippen molar-refractivity contribution in [3.8, 4) is 5.69 Å². The Morgan fingerprint density at radius 1 is 1.50 bits per heavy atom. The lowest BCUT2D eigenvalue weighted by Crippen LogP contribution is -2.37. The van der Waals surface area contributed by atoms with Crippen LogP contribution in [0.1, 0.15) is 23.1 Å². The first-order valence-electron chi connectivity index (χ1n) is 6.77. The lowest BCUT2D eigenvalue weighted by atomic mass is 10.2. The van der Waals surface area contributed by atoms with Crippen molar-refractivity contribution in [3.63, 3.8) is 0 Å². The topological polar surface area (TPSA) is 71.8 Å². The predicted molar refractivity (Wildman–Crippen MR) is 81.9 cm³/mol. The lowest BCUT2D eigenvalue weighted by molar-refractivity contribution is 0.0945. The molecule has 2 N–H and O–H groups in total. The number of hydrogen-bond donors (Lipinski definition) is 2. The van der Waals surface area contributed by atoms with Gasteiger partial charge in [-0.15, -0.1) is 5.10 Å². The Kier molecular flexibility index (Phi) is 5.10. The van der Waals surface area contributed by atoms with E-state index in [1.54, 1.807) is 6.92 Å². The van der Waals surface area contributed by atoms with E-state index in [-0.39, 0.29) is 22.7 Å². The first-order chi connectivity index (χ1) is 10.4. The van der Waals surface area contributed by atoms with Crippen LogP contribution < -0.4 is 10.6 Å². The molecule has 1 atom stereocenters. The Hall–Kier alpha value is -1.99. The molecule has 1 aromatic heterocycles. The minimum Gasteiger partial charge on any atom is -0.349 e. The molecule has 0 aliphatic heterocycles. The summed E-state index contributed by atoms with van der Waals surface area (Å²) >= 11 is 5.76. The zero-order valence-electron chi connectivity index (χ0n) is 12.5. The van der Waals surface area contributed by atoms with E-state index in [2.05, 4.69) is 20.9 Å². The summed E-state index contributed by atoms with van der Waals surface area (Å²) in [6.07, 6.45) is 0.